The number of esters is 1. The number of rotatable bonds is 5. The van der Waals surface area contributed by atoms with Crippen LogP contribution in [0.2, 0.25) is 5.02 Å². The summed E-state index contributed by atoms with van der Waals surface area (Å²) in [7, 11) is 0. The molecule has 0 aliphatic carbocycles. The molecular weight excluding hydrogens is 214 g/mol. The number of carbonyl (C=O) groups is 1. The fraction of sp³-hybridized carbons (Fsp3) is 0.364. The van der Waals surface area contributed by atoms with Gasteiger partial charge in [0.05, 0.1) is 13.0 Å². The minimum Gasteiger partial charge on any atom is -0.465 e. The quantitative estimate of drug-likeness (QED) is 0.781. The Kier molecular flexibility index (Phi) is 5.15. The summed E-state index contributed by atoms with van der Waals surface area (Å²) in [6.45, 7) is 0.722. The number of carbonyl (C=O) groups excluding carboxylic acids is 1. The molecule has 0 saturated heterocycles. The molecule has 15 heavy (non-hydrogen) atoms. The van der Waals surface area contributed by atoms with Crippen LogP contribution in [0, 0.1) is 0 Å². The van der Waals surface area contributed by atoms with E-state index in [0.29, 0.717) is 24.6 Å². The first-order valence-electron chi connectivity index (χ1n) is 4.82. The van der Waals surface area contributed by atoms with Gasteiger partial charge in [-0.25, -0.2) is 0 Å². The number of nitrogens with two attached hydrogens (primary N) is 1. The summed E-state index contributed by atoms with van der Waals surface area (Å²) in [6.07, 6.45) is 0.980. The molecule has 0 heterocycles. The predicted octanol–water partition coefficient (Wildman–Crippen LogP) is 1.77. The van der Waals surface area contributed by atoms with Crippen molar-refractivity contribution in [1.82, 2.24) is 0 Å². The van der Waals surface area contributed by atoms with Crippen LogP contribution in [-0.4, -0.2) is 19.1 Å². The summed E-state index contributed by atoms with van der Waals surface area (Å²) in [4.78, 5) is 11.0. The Morgan fingerprint density at radius 1 is 1.33 bits per heavy atom. The monoisotopic (exact) mass is 227 g/mol. The molecule has 0 atom stereocenters. The van der Waals surface area contributed by atoms with E-state index in [1.54, 1.807) is 0 Å². The number of halogens is 1. The molecule has 0 unspecified atom stereocenters. The molecule has 1 aromatic rings. The third-order valence-corrected chi connectivity index (χ3v) is 2.17. The van der Waals surface area contributed by atoms with Crippen molar-refractivity contribution in [1.29, 1.82) is 0 Å². The summed E-state index contributed by atoms with van der Waals surface area (Å²) in [5.74, 6) is -0.244. The van der Waals surface area contributed by atoms with E-state index in [9.17, 15) is 4.79 Å². The van der Waals surface area contributed by atoms with Gasteiger partial charge in [0.1, 0.15) is 0 Å². The Bertz CT molecular complexity index is 311. The topological polar surface area (TPSA) is 52.3 Å². The van der Waals surface area contributed by atoms with Crippen LogP contribution in [0.15, 0.2) is 24.3 Å². The lowest BCUT2D eigenvalue weighted by molar-refractivity contribution is -0.143. The summed E-state index contributed by atoms with van der Waals surface area (Å²) in [5, 5.41) is 0.707. The van der Waals surface area contributed by atoms with Gasteiger partial charge < -0.3 is 10.5 Å². The third-order valence-electron chi connectivity index (χ3n) is 1.92. The van der Waals surface area contributed by atoms with Gasteiger partial charge in [0.25, 0.3) is 0 Å². The molecule has 0 saturated carbocycles. The molecule has 0 aliphatic heterocycles. The largest absolute Gasteiger partial charge is 0.465 e. The standard InChI is InChI=1S/C11H14ClNO2/c12-10-3-1-9(2-4-10)6-8-15-11(14)5-7-13/h1-4H,5-8,13H2. The van der Waals surface area contributed by atoms with E-state index in [1.165, 1.54) is 0 Å². The SMILES string of the molecule is NCCC(=O)OCCc1ccc(Cl)cc1. The average Bonchev–Trinajstić information content (AvgIpc) is 2.21. The van der Waals surface area contributed by atoms with Crippen LogP contribution in [0.4, 0.5) is 0 Å². The highest BCUT2D eigenvalue weighted by atomic mass is 35.5. The molecule has 0 aliphatic rings. The molecule has 0 aromatic heterocycles. The number of hydrogen-bond donors (Lipinski definition) is 1. The Labute approximate surface area is 94.2 Å². The lowest BCUT2D eigenvalue weighted by atomic mass is 10.2. The number of ether oxygens (including phenoxy) is 1. The molecule has 3 nitrogen and oxygen atoms in total. The minimum absolute atomic E-state index is 0.244. The van der Waals surface area contributed by atoms with Gasteiger partial charge in [-0.2, -0.15) is 0 Å². The van der Waals surface area contributed by atoms with Crippen molar-refractivity contribution in [3.05, 3.63) is 34.9 Å². The van der Waals surface area contributed by atoms with Gasteiger partial charge in [0, 0.05) is 18.0 Å². The summed E-state index contributed by atoms with van der Waals surface area (Å²) < 4.78 is 4.96. The van der Waals surface area contributed by atoms with E-state index < -0.39 is 0 Å². The van der Waals surface area contributed by atoms with E-state index >= 15 is 0 Å². The van der Waals surface area contributed by atoms with Crippen LogP contribution in [0.3, 0.4) is 0 Å². The average molecular weight is 228 g/mol. The van der Waals surface area contributed by atoms with Gasteiger partial charge >= 0.3 is 5.97 Å². The van der Waals surface area contributed by atoms with Gasteiger partial charge in [0.15, 0.2) is 0 Å². The molecular formula is C11H14ClNO2. The van der Waals surface area contributed by atoms with E-state index in [-0.39, 0.29) is 12.4 Å². The first-order valence-corrected chi connectivity index (χ1v) is 5.20. The summed E-state index contributed by atoms with van der Waals surface area (Å²) in [6, 6.07) is 7.47. The predicted molar refractivity (Wildman–Crippen MR) is 59.8 cm³/mol. The van der Waals surface area contributed by atoms with Crippen molar-refractivity contribution in [2.75, 3.05) is 13.2 Å². The van der Waals surface area contributed by atoms with Crippen molar-refractivity contribution in [3.8, 4) is 0 Å². The zero-order chi connectivity index (χ0) is 11.1. The highest BCUT2D eigenvalue weighted by Gasteiger charge is 2.00. The van der Waals surface area contributed by atoms with E-state index in [1.807, 2.05) is 24.3 Å². The van der Waals surface area contributed by atoms with Crippen molar-refractivity contribution >= 4 is 17.6 Å². The maximum absolute atomic E-state index is 11.0. The Morgan fingerprint density at radius 3 is 2.60 bits per heavy atom. The maximum Gasteiger partial charge on any atom is 0.307 e. The van der Waals surface area contributed by atoms with Crippen LogP contribution < -0.4 is 5.73 Å². The normalized spacial score (nSPS) is 10.0. The first-order chi connectivity index (χ1) is 7.22. The Balaban J connectivity index is 2.26. The van der Waals surface area contributed by atoms with Crippen LogP contribution in [0.1, 0.15) is 12.0 Å². The highest BCUT2D eigenvalue weighted by Crippen LogP contribution is 2.09. The highest BCUT2D eigenvalue weighted by molar-refractivity contribution is 6.30. The zero-order valence-corrected chi connectivity index (χ0v) is 9.17. The first kappa shape index (κ1) is 12.0. The van der Waals surface area contributed by atoms with E-state index in [0.717, 1.165) is 5.56 Å². The van der Waals surface area contributed by atoms with Crippen molar-refractivity contribution in [2.24, 2.45) is 5.73 Å². The fourth-order valence-corrected chi connectivity index (χ4v) is 1.25. The third kappa shape index (κ3) is 4.81. The van der Waals surface area contributed by atoms with Gasteiger partial charge in [-0.1, -0.05) is 23.7 Å². The van der Waals surface area contributed by atoms with Crippen molar-refractivity contribution in [3.63, 3.8) is 0 Å². The van der Waals surface area contributed by atoms with Gasteiger partial charge in [0.2, 0.25) is 0 Å². The zero-order valence-electron chi connectivity index (χ0n) is 8.41. The molecule has 0 spiro atoms. The molecule has 0 radical (unpaired) electrons. The fourth-order valence-electron chi connectivity index (χ4n) is 1.12. The molecule has 1 rings (SSSR count). The van der Waals surface area contributed by atoms with Crippen LogP contribution in [0.25, 0.3) is 0 Å². The molecule has 0 fully saturated rings. The van der Waals surface area contributed by atoms with Crippen LogP contribution in [-0.2, 0) is 16.0 Å². The minimum atomic E-state index is -0.244. The lowest BCUT2D eigenvalue weighted by Crippen LogP contribution is -2.12. The number of benzene rings is 1. The van der Waals surface area contributed by atoms with Gasteiger partial charge in [-0.05, 0) is 17.7 Å². The maximum atomic E-state index is 11.0. The van der Waals surface area contributed by atoms with E-state index in [4.69, 9.17) is 22.1 Å². The smallest absolute Gasteiger partial charge is 0.307 e. The lowest BCUT2D eigenvalue weighted by Gasteiger charge is -2.04. The number of hydrogen-bond acceptors (Lipinski definition) is 3. The van der Waals surface area contributed by atoms with Crippen LogP contribution in [0.5, 0.6) is 0 Å². The Hall–Kier alpha value is -1.06. The summed E-state index contributed by atoms with van der Waals surface area (Å²) in [5.41, 5.74) is 6.31. The van der Waals surface area contributed by atoms with Crippen molar-refractivity contribution < 1.29 is 9.53 Å². The van der Waals surface area contributed by atoms with Crippen LogP contribution >= 0.6 is 11.6 Å². The molecule has 0 bridgehead atoms. The molecule has 0 amide bonds. The second kappa shape index (κ2) is 6.43. The second-order valence-electron chi connectivity index (χ2n) is 3.14. The molecule has 4 heteroatoms. The van der Waals surface area contributed by atoms with Gasteiger partial charge in [-0.15, -0.1) is 0 Å². The molecule has 82 valence electrons. The van der Waals surface area contributed by atoms with E-state index in [2.05, 4.69) is 0 Å². The summed E-state index contributed by atoms with van der Waals surface area (Å²) >= 11 is 5.74. The molecule has 2 N–H and O–H groups in total. The second-order valence-corrected chi connectivity index (χ2v) is 3.57. The molecule has 1 aromatic carbocycles. The van der Waals surface area contributed by atoms with Gasteiger partial charge in [-0.3, -0.25) is 4.79 Å². The Morgan fingerprint density at radius 2 is 2.00 bits per heavy atom. The van der Waals surface area contributed by atoms with Crippen molar-refractivity contribution in [2.45, 2.75) is 12.8 Å².